The van der Waals surface area contributed by atoms with Crippen molar-refractivity contribution in [2.24, 2.45) is 0 Å². The van der Waals surface area contributed by atoms with Crippen molar-refractivity contribution >= 4 is 33.4 Å². The molecule has 0 bridgehead atoms. The lowest BCUT2D eigenvalue weighted by Crippen LogP contribution is -2.36. The van der Waals surface area contributed by atoms with Gasteiger partial charge in [-0.2, -0.15) is 9.29 Å². The molecule has 4 unspecified atom stereocenters. The van der Waals surface area contributed by atoms with E-state index in [1.54, 1.807) is 0 Å². The van der Waals surface area contributed by atoms with Gasteiger partial charge in [-0.3, -0.25) is 23.2 Å². The highest BCUT2D eigenvalue weighted by Crippen LogP contribution is 2.60. The number of esters is 2. The predicted molar refractivity (Wildman–Crippen MR) is 288 cm³/mol. The molecule has 75 heavy (non-hydrogen) atoms. The van der Waals surface area contributed by atoms with Crippen LogP contribution in [0.3, 0.4) is 0 Å². The molecule has 0 amide bonds. The number of hydrogen-bond acceptors (Lipinski definition) is 16. The highest BCUT2D eigenvalue weighted by Gasteiger charge is 2.46. The van der Waals surface area contributed by atoms with E-state index in [1.807, 2.05) is 12.2 Å². The second kappa shape index (κ2) is 38.2. The normalized spacial score (nSPS) is 22.3. The van der Waals surface area contributed by atoms with E-state index >= 15 is 0 Å². The number of carbonyl (C=O) groups excluding carboxylic acids is 2. The Labute approximate surface area is 443 Å². The van der Waals surface area contributed by atoms with Gasteiger partial charge >= 0.3 is 33.3 Å². The predicted octanol–water partition coefficient (Wildman–Crippen LogP) is 10.2. The molecule has 21 heteroatoms. The van der Waals surface area contributed by atoms with Crippen LogP contribution in [0.5, 0.6) is 0 Å². The maximum absolute atomic E-state index is 12.9. The van der Waals surface area contributed by atoms with E-state index < -0.39 is 83.7 Å². The summed E-state index contributed by atoms with van der Waals surface area (Å²) in [4.78, 5) is 62.0. The summed E-state index contributed by atoms with van der Waals surface area (Å²) in [5, 5.41) is 20.9. The number of epoxide rings is 1. The number of nitrogen functional groups attached to an aromatic ring is 1. The van der Waals surface area contributed by atoms with Gasteiger partial charge in [0.25, 0.3) is 0 Å². The fourth-order valence-corrected chi connectivity index (χ4v) is 9.48. The lowest BCUT2D eigenvalue weighted by molar-refractivity contribution is -0.161. The number of ether oxygens (including phenoxy) is 4. The van der Waals surface area contributed by atoms with Gasteiger partial charge in [0.1, 0.15) is 30.7 Å². The van der Waals surface area contributed by atoms with E-state index in [2.05, 4.69) is 108 Å². The summed E-state index contributed by atoms with van der Waals surface area (Å²) in [6.45, 7) is 1.91. The zero-order valence-corrected chi connectivity index (χ0v) is 45.5. The highest BCUT2D eigenvalue weighted by molar-refractivity contribution is 7.61. The summed E-state index contributed by atoms with van der Waals surface area (Å²) in [5.41, 5.74) is 4.58. The van der Waals surface area contributed by atoms with Crippen molar-refractivity contribution in [2.75, 3.05) is 25.6 Å². The van der Waals surface area contributed by atoms with E-state index in [1.165, 1.54) is 25.3 Å². The SMILES string of the molecule is CC/C=C\C/C=C\C/C=C\C/C=C\C/C=C\CCCCCC(=O)OC[C@H](COP(=O)(O)OP(=O)(O)OC[C@H]1O[C@@H](n2ccc(N)nc2=O)[C@H](O)[C@@H]1O)OC(=O)CCC/C=C\C/C=C\CC1OC1C/C=C\CCCCC. The minimum Gasteiger partial charge on any atom is -0.462 e. The summed E-state index contributed by atoms with van der Waals surface area (Å²) in [6, 6.07) is 1.24. The maximum Gasteiger partial charge on any atom is 0.481 e. The summed E-state index contributed by atoms with van der Waals surface area (Å²) < 4.78 is 62.5. The Bertz CT molecular complexity index is 2210. The van der Waals surface area contributed by atoms with Gasteiger partial charge < -0.3 is 44.7 Å². The topological polar surface area (TPSA) is 278 Å². The third-order valence-electron chi connectivity index (χ3n) is 11.6. The smallest absolute Gasteiger partial charge is 0.462 e. The van der Waals surface area contributed by atoms with Crippen molar-refractivity contribution in [1.82, 2.24) is 9.55 Å². The number of aliphatic hydroxyl groups is 2. The van der Waals surface area contributed by atoms with Crippen molar-refractivity contribution in [1.29, 1.82) is 0 Å². The maximum atomic E-state index is 12.9. The number of nitrogens with two attached hydrogens (primary N) is 1. The lowest BCUT2D eigenvalue weighted by Gasteiger charge is -2.21. The molecule has 2 saturated heterocycles. The largest absolute Gasteiger partial charge is 0.481 e. The Morgan fingerprint density at radius 2 is 1.20 bits per heavy atom. The van der Waals surface area contributed by atoms with Crippen LogP contribution >= 0.6 is 15.6 Å². The van der Waals surface area contributed by atoms with Gasteiger partial charge in [0, 0.05) is 19.0 Å². The van der Waals surface area contributed by atoms with Gasteiger partial charge in [0.15, 0.2) is 12.3 Å². The number of allylic oxidation sites excluding steroid dienone is 14. The second-order valence-corrected chi connectivity index (χ2v) is 21.1. The summed E-state index contributed by atoms with van der Waals surface area (Å²) in [6.07, 6.45) is 43.7. The number of nitrogens with zero attached hydrogens (tertiary/aromatic N) is 2. The standard InChI is InChI=1S/C54H83N3O16P2/c1-3-5-7-9-11-12-13-14-15-16-17-18-19-20-21-22-25-29-33-37-49(58)67-41-44(70-50(59)38-34-30-26-23-24-28-32-36-46-45(71-46)35-31-27-10-8-6-4-2)42-68-74(63,64)73-75(65,66)69-43-47-51(60)52(61)53(72-47)57-40-39-48(55)56-54(57)62/h5,7,11-12,14-15,17-18,20-21,23,26-28,31-32,39-40,44-47,51-53,60-61H,3-4,6,8-10,13,16,19,22,24-25,29-30,33-38,41-43H2,1-2H3,(H,63,64)(H,65,66)(H2,55,56,62)/b7-5-,12-11-,15-14-,18-17-,21-20-,26-23-,31-27-,32-28-/t44-,45?,46?,47-,51-,52-,53-/m1/s1. The van der Waals surface area contributed by atoms with Crippen LogP contribution < -0.4 is 11.4 Å². The molecule has 6 N–H and O–H groups in total. The Hall–Kier alpha value is -4.36. The third kappa shape index (κ3) is 30.2. The zero-order valence-electron chi connectivity index (χ0n) is 43.8. The van der Waals surface area contributed by atoms with Gasteiger partial charge in [-0.15, -0.1) is 0 Å². The van der Waals surface area contributed by atoms with Crippen LogP contribution in [0.4, 0.5) is 5.82 Å². The number of aliphatic hydroxyl groups excluding tert-OH is 2. The molecular formula is C54H83N3O16P2. The Kier molecular flexibility index (Phi) is 33.1. The minimum atomic E-state index is -5.45. The first kappa shape index (κ1) is 64.9. The van der Waals surface area contributed by atoms with Crippen LogP contribution in [-0.4, -0.2) is 97.9 Å². The molecule has 2 fully saturated rings. The van der Waals surface area contributed by atoms with Gasteiger partial charge in [-0.1, -0.05) is 130 Å². The van der Waals surface area contributed by atoms with Crippen LogP contribution in [0.25, 0.3) is 0 Å². The van der Waals surface area contributed by atoms with Crippen LogP contribution in [0.1, 0.15) is 148 Å². The van der Waals surface area contributed by atoms with Crippen LogP contribution in [0.15, 0.2) is 114 Å². The number of hydrogen-bond donors (Lipinski definition) is 5. The Morgan fingerprint density at radius 1 is 0.667 bits per heavy atom. The number of aromatic nitrogens is 2. The number of phosphoric acid groups is 2. The van der Waals surface area contributed by atoms with E-state index in [0.29, 0.717) is 25.7 Å². The molecule has 0 spiro atoms. The molecule has 9 atom stereocenters. The number of anilines is 1. The molecular weight excluding hydrogens is 1010 g/mol. The highest BCUT2D eigenvalue weighted by atomic mass is 31.3. The number of carbonyl (C=O) groups is 2. The van der Waals surface area contributed by atoms with Gasteiger partial charge in [-0.25, -0.2) is 13.9 Å². The zero-order chi connectivity index (χ0) is 54.6. The number of rotatable bonds is 41. The molecule has 0 radical (unpaired) electrons. The fraction of sp³-hybridized carbons (Fsp3) is 0.593. The minimum absolute atomic E-state index is 0.0446. The van der Waals surface area contributed by atoms with Crippen molar-refractivity contribution in [3.8, 4) is 0 Å². The van der Waals surface area contributed by atoms with Crippen molar-refractivity contribution in [3.63, 3.8) is 0 Å². The van der Waals surface area contributed by atoms with Crippen LogP contribution in [0, 0.1) is 0 Å². The van der Waals surface area contributed by atoms with E-state index in [9.17, 15) is 43.5 Å². The van der Waals surface area contributed by atoms with Crippen molar-refractivity contribution < 1.29 is 71.0 Å². The molecule has 1 aromatic heterocycles. The summed E-state index contributed by atoms with van der Waals surface area (Å²) in [5.74, 6) is -1.42. The molecule has 0 aliphatic carbocycles. The van der Waals surface area contributed by atoms with Gasteiger partial charge in [-0.05, 0) is 102 Å². The van der Waals surface area contributed by atoms with Crippen LogP contribution in [0.2, 0.25) is 0 Å². The van der Waals surface area contributed by atoms with E-state index in [-0.39, 0.29) is 30.9 Å². The fourth-order valence-electron chi connectivity index (χ4n) is 7.37. The Morgan fingerprint density at radius 3 is 1.81 bits per heavy atom. The van der Waals surface area contributed by atoms with Crippen LogP contribution in [-0.2, 0) is 51.0 Å². The molecule has 1 aromatic rings. The average Bonchev–Trinajstić information content (AvgIpc) is 4.06. The van der Waals surface area contributed by atoms with E-state index in [4.69, 9.17) is 33.7 Å². The number of unbranched alkanes of at least 4 members (excludes halogenated alkanes) is 7. The number of phosphoric ester groups is 2. The molecule has 3 heterocycles. The van der Waals surface area contributed by atoms with E-state index in [0.717, 1.165) is 81.4 Å². The first-order valence-electron chi connectivity index (χ1n) is 26.4. The molecule has 420 valence electrons. The molecule has 3 rings (SSSR count). The molecule has 19 nitrogen and oxygen atoms in total. The summed E-state index contributed by atoms with van der Waals surface area (Å²) >= 11 is 0. The average molecular weight is 1090 g/mol. The van der Waals surface area contributed by atoms with Gasteiger partial charge in [0.2, 0.25) is 0 Å². The Balaban J connectivity index is 1.42. The monoisotopic (exact) mass is 1090 g/mol. The van der Waals surface area contributed by atoms with Gasteiger partial charge in [0.05, 0.1) is 25.4 Å². The van der Waals surface area contributed by atoms with Crippen molar-refractivity contribution in [3.05, 3.63) is 120 Å². The molecule has 0 aromatic carbocycles. The summed E-state index contributed by atoms with van der Waals surface area (Å²) in [7, 11) is -10.9. The molecule has 2 aliphatic rings. The first-order chi connectivity index (χ1) is 36.1. The van der Waals surface area contributed by atoms with Crippen molar-refractivity contribution in [2.45, 2.75) is 185 Å². The second-order valence-electron chi connectivity index (χ2n) is 18.0. The molecule has 2 aliphatic heterocycles. The first-order valence-corrected chi connectivity index (χ1v) is 29.4. The lowest BCUT2D eigenvalue weighted by atomic mass is 10.1. The quantitative estimate of drug-likeness (QED) is 0.0134. The third-order valence-corrected chi connectivity index (χ3v) is 14.2. The molecule has 0 saturated carbocycles.